The highest BCUT2D eigenvalue weighted by molar-refractivity contribution is 9.10. The largest absolute Gasteiger partial charge is 0.496 e. The maximum absolute atomic E-state index is 7.62. The highest BCUT2D eigenvalue weighted by atomic mass is 79.9. The molecule has 0 spiro atoms. The normalized spacial score (nSPS) is 10.0. The van der Waals surface area contributed by atoms with E-state index in [0.29, 0.717) is 28.6 Å². The van der Waals surface area contributed by atoms with E-state index in [1.54, 1.807) is 44.6 Å². The average molecular weight is 351 g/mol. The number of benzene rings is 2. The Bertz CT molecular complexity index is 652. The molecule has 2 aromatic rings. The molecule has 0 aromatic heterocycles. The summed E-state index contributed by atoms with van der Waals surface area (Å²) < 4.78 is 17.0. The molecule has 110 valence electrons. The molecule has 0 fully saturated rings. The van der Waals surface area contributed by atoms with Crippen molar-refractivity contribution in [3.8, 4) is 23.0 Å². The van der Waals surface area contributed by atoms with Gasteiger partial charge in [-0.1, -0.05) is 15.9 Å². The van der Waals surface area contributed by atoms with Crippen LogP contribution in [0.4, 0.5) is 0 Å². The Balaban J connectivity index is 2.40. The molecule has 0 saturated carbocycles. The maximum atomic E-state index is 7.62. The number of hydrogen-bond acceptors (Lipinski definition) is 4. The Labute approximate surface area is 131 Å². The molecule has 0 amide bonds. The van der Waals surface area contributed by atoms with Crippen molar-refractivity contribution >= 4 is 21.8 Å². The smallest absolute Gasteiger partial charge is 0.138 e. The van der Waals surface area contributed by atoms with E-state index < -0.39 is 0 Å². The number of nitrogens with two attached hydrogens (primary N) is 1. The second-order valence-electron chi connectivity index (χ2n) is 4.20. The van der Waals surface area contributed by atoms with Gasteiger partial charge in [-0.25, -0.2) is 0 Å². The van der Waals surface area contributed by atoms with Crippen LogP contribution in [0.5, 0.6) is 23.0 Å². The quantitative estimate of drug-likeness (QED) is 0.638. The fraction of sp³-hybridized carbons (Fsp3) is 0.133. The number of rotatable bonds is 5. The summed E-state index contributed by atoms with van der Waals surface area (Å²) in [4.78, 5) is 0. The molecular weight excluding hydrogens is 336 g/mol. The van der Waals surface area contributed by atoms with E-state index >= 15 is 0 Å². The number of methoxy groups -OCH3 is 2. The van der Waals surface area contributed by atoms with E-state index in [0.717, 1.165) is 4.47 Å². The molecule has 0 atom stereocenters. The molecule has 0 aliphatic carbocycles. The predicted octanol–water partition coefficient (Wildman–Crippen LogP) is 3.54. The highest BCUT2D eigenvalue weighted by Crippen LogP contribution is 2.33. The van der Waals surface area contributed by atoms with Crippen molar-refractivity contribution in [2.45, 2.75) is 0 Å². The van der Waals surface area contributed by atoms with Gasteiger partial charge in [0.1, 0.15) is 28.8 Å². The molecule has 5 nitrogen and oxygen atoms in total. The molecule has 0 aliphatic rings. The highest BCUT2D eigenvalue weighted by Gasteiger charge is 2.10. The van der Waals surface area contributed by atoms with Crippen LogP contribution in [0.1, 0.15) is 5.56 Å². The van der Waals surface area contributed by atoms with E-state index in [2.05, 4.69) is 15.9 Å². The number of ether oxygens (including phenoxy) is 3. The molecule has 21 heavy (non-hydrogen) atoms. The van der Waals surface area contributed by atoms with Gasteiger partial charge in [0.25, 0.3) is 0 Å². The first-order valence-corrected chi connectivity index (χ1v) is 6.87. The number of nitrogen functional groups attached to an aromatic ring is 1. The molecule has 2 aromatic carbocycles. The minimum atomic E-state index is -0.0684. The van der Waals surface area contributed by atoms with E-state index in [-0.39, 0.29) is 5.84 Å². The van der Waals surface area contributed by atoms with Gasteiger partial charge in [0.15, 0.2) is 0 Å². The van der Waals surface area contributed by atoms with Gasteiger partial charge in [-0.15, -0.1) is 0 Å². The monoisotopic (exact) mass is 350 g/mol. The van der Waals surface area contributed by atoms with Crippen molar-refractivity contribution in [2.75, 3.05) is 14.2 Å². The topological polar surface area (TPSA) is 77.6 Å². The van der Waals surface area contributed by atoms with Crippen LogP contribution in [0.25, 0.3) is 0 Å². The molecule has 2 rings (SSSR count). The third kappa shape index (κ3) is 3.66. The van der Waals surface area contributed by atoms with Gasteiger partial charge in [-0.05, 0) is 18.2 Å². The Morgan fingerprint density at radius 3 is 2.10 bits per heavy atom. The average Bonchev–Trinajstić information content (AvgIpc) is 2.48. The molecule has 0 bridgehead atoms. The summed E-state index contributed by atoms with van der Waals surface area (Å²) in [5.41, 5.74) is 6.09. The van der Waals surface area contributed by atoms with Gasteiger partial charge in [0.05, 0.1) is 19.8 Å². The second-order valence-corrected chi connectivity index (χ2v) is 5.12. The SMILES string of the molecule is COc1cc(OC)cc(Oc2ccc(Br)cc2C(=N)N)c1. The van der Waals surface area contributed by atoms with Gasteiger partial charge >= 0.3 is 0 Å². The van der Waals surface area contributed by atoms with Crippen LogP contribution in [0, 0.1) is 5.41 Å². The zero-order valence-electron chi connectivity index (χ0n) is 11.6. The summed E-state index contributed by atoms with van der Waals surface area (Å²) in [5, 5.41) is 7.62. The van der Waals surface area contributed by atoms with Crippen molar-refractivity contribution < 1.29 is 14.2 Å². The Kier molecular flexibility index (Phi) is 4.70. The van der Waals surface area contributed by atoms with Crippen molar-refractivity contribution in [3.05, 3.63) is 46.4 Å². The molecule has 0 radical (unpaired) electrons. The fourth-order valence-corrected chi connectivity index (χ4v) is 2.13. The lowest BCUT2D eigenvalue weighted by molar-refractivity contribution is 0.386. The molecule has 6 heteroatoms. The minimum absolute atomic E-state index is 0.0684. The summed E-state index contributed by atoms with van der Waals surface area (Å²) in [6.45, 7) is 0. The first-order valence-electron chi connectivity index (χ1n) is 6.08. The van der Waals surface area contributed by atoms with Crippen LogP contribution in [-0.4, -0.2) is 20.1 Å². The lowest BCUT2D eigenvalue weighted by atomic mass is 10.2. The number of hydrogen-bond donors (Lipinski definition) is 2. The standard InChI is InChI=1S/C15H15BrN2O3/c1-19-10-6-11(20-2)8-12(7-10)21-14-4-3-9(16)5-13(14)15(17)18/h3-8H,1-2H3,(H3,17,18). The lowest BCUT2D eigenvalue weighted by Gasteiger charge is -2.13. The lowest BCUT2D eigenvalue weighted by Crippen LogP contribution is -2.12. The maximum Gasteiger partial charge on any atom is 0.138 e. The summed E-state index contributed by atoms with van der Waals surface area (Å²) in [6.07, 6.45) is 0. The third-order valence-corrected chi connectivity index (χ3v) is 3.28. The van der Waals surface area contributed by atoms with Crippen LogP contribution in [-0.2, 0) is 0 Å². The van der Waals surface area contributed by atoms with Crippen LogP contribution in [0.15, 0.2) is 40.9 Å². The molecule has 3 N–H and O–H groups in total. The zero-order valence-corrected chi connectivity index (χ0v) is 13.2. The fourth-order valence-electron chi connectivity index (χ4n) is 1.77. The minimum Gasteiger partial charge on any atom is -0.496 e. The number of halogens is 1. The Morgan fingerprint density at radius 2 is 1.57 bits per heavy atom. The predicted molar refractivity (Wildman–Crippen MR) is 84.8 cm³/mol. The summed E-state index contributed by atoms with van der Waals surface area (Å²) in [6, 6.07) is 10.5. The first-order chi connectivity index (χ1) is 10.0. The van der Waals surface area contributed by atoms with Crippen LogP contribution < -0.4 is 19.9 Å². The van der Waals surface area contributed by atoms with Gasteiger partial charge in [-0.2, -0.15) is 0 Å². The van der Waals surface area contributed by atoms with Gasteiger partial charge < -0.3 is 19.9 Å². The van der Waals surface area contributed by atoms with E-state index in [4.69, 9.17) is 25.4 Å². The zero-order chi connectivity index (χ0) is 15.4. The van der Waals surface area contributed by atoms with Crippen LogP contribution in [0.2, 0.25) is 0 Å². The van der Waals surface area contributed by atoms with Crippen molar-refractivity contribution in [1.29, 1.82) is 5.41 Å². The van der Waals surface area contributed by atoms with E-state index in [1.165, 1.54) is 0 Å². The summed E-state index contributed by atoms with van der Waals surface area (Å²) >= 11 is 3.35. The van der Waals surface area contributed by atoms with Gasteiger partial charge in [0, 0.05) is 22.7 Å². The molecule has 0 saturated heterocycles. The third-order valence-electron chi connectivity index (χ3n) is 2.78. The number of nitrogens with one attached hydrogen (secondary N) is 1. The van der Waals surface area contributed by atoms with Gasteiger partial charge in [-0.3, -0.25) is 5.41 Å². The summed E-state index contributed by atoms with van der Waals surface area (Å²) in [7, 11) is 3.14. The van der Waals surface area contributed by atoms with Crippen molar-refractivity contribution in [2.24, 2.45) is 5.73 Å². The summed E-state index contributed by atoms with van der Waals surface area (Å²) in [5.74, 6) is 2.19. The molecular formula is C15H15BrN2O3. The molecule has 0 unspecified atom stereocenters. The van der Waals surface area contributed by atoms with Crippen LogP contribution in [0.3, 0.4) is 0 Å². The molecule has 0 heterocycles. The Morgan fingerprint density at radius 1 is 1.00 bits per heavy atom. The second kappa shape index (κ2) is 6.49. The number of amidine groups is 1. The van der Waals surface area contributed by atoms with Crippen molar-refractivity contribution in [3.63, 3.8) is 0 Å². The van der Waals surface area contributed by atoms with Gasteiger partial charge in [0.2, 0.25) is 0 Å². The first kappa shape index (κ1) is 15.2. The van der Waals surface area contributed by atoms with Crippen molar-refractivity contribution in [1.82, 2.24) is 0 Å². The van der Waals surface area contributed by atoms with E-state index in [9.17, 15) is 0 Å². The van der Waals surface area contributed by atoms with Crippen LogP contribution >= 0.6 is 15.9 Å². The molecule has 0 aliphatic heterocycles. The van der Waals surface area contributed by atoms with E-state index in [1.807, 2.05) is 6.07 Å². The Hall–Kier alpha value is -2.21.